The number of aromatic amines is 1. The number of phenols is 3. The van der Waals surface area contributed by atoms with Crippen molar-refractivity contribution in [2.75, 3.05) is 7.11 Å². The average Bonchev–Trinajstić information content (AvgIpc) is 2.84. The normalized spacial score (nSPS) is 11.6. The molecule has 0 aliphatic carbocycles. The number of aromatic hydroxyl groups is 4. The number of para-hydroxylation sites is 1. The Balaban J connectivity index is 1.62. The van der Waals surface area contributed by atoms with Crippen molar-refractivity contribution in [3.8, 4) is 28.9 Å². The third-order valence-corrected chi connectivity index (χ3v) is 5.55. The predicted octanol–water partition coefficient (Wildman–Crippen LogP) is 4.23. The molecule has 0 saturated heterocycles. The highest BCUT2D eigenvalue weighted by atomic mass is 16.5. The molecule has 3 aromatic carbocycles. The summed E-state index contributed by atoms with van der Waals surface area (Å²) in [5, 5.41) is 40.6. The number of nitrogens with one attached hydrogen (secondary N) is 1. The second-order valence-electron chi connectivity index (χ2n) is 7.89. The first-order valence-corrected chi connectivity index (χ1v) is 10.8. The molecule has 0 spiro atoms. The number of hydrogen-bond acceptors (Lipinski definition) is 7. The largest absolute Gasteiger partial charge is 0.504 e. The number of rotatable bonds is 7. The molecule has 4 aromatic rings. The first-order valence-electron chi connectivity index (χ1n) is 10.8. The van der Waals surface area contributed by atoms with E-state index in [4.69, 9.17) is 4.74 Å². The smallest absolute Gasteiger partial charge is 0.258 e. The standard InChI is InChI=1S/C27H24N2O6/c1-35-24-7-3-6-18(25(24)32)5-2-4-16-8-10-19-20(12-16)21(27(34)29-26(19)33)15-28-14-17-9-11-22(30)23(31)13-17/h2-4,6-13,15,30-32H,5,14H2,1H3,(H2,29,33,34)/b4-2+,28-15?. The van der Waals surface area contributed by atoms with Gasteiger partial charge in [-0.25, -0.2) is 0 Å². The highest BCUT2D eigenvalue weighted by Crippen LogP contribution is 2.30. The molecule has 0 fully saturated rings. The van der Waals surface area contributed by atoms with Gasteiger partial charge in [0.15, 0.2) is 23.0 Å². The second kappa shape index (κ2) is 10.0. The van der Waals surface area contributed by atoms with Crippen LogP contribution >= 0.6 is 0 Å². The van der Waals surface area contributed by atoms with Crippen LogP contribution in [0.15, 0.2) is 70.5 Å². The molecular formula is C27H24N2O6. The first kappa shape index (κ1) is 23.4. The number of phenolic OH excluding ortho intramolecular Hbond substituents is 3. The van der Waals surface area contributed by atoms with Crippen LogP contribution in [0, 0.1) is 0 Å². The molecule has 5 N–H and O–H groups in total. The van der Waals surface area contributed by atoms with Gasteiger partial charge >= 0.3 is 0 Å². The Morgan fingerprint density at radius 2 is 1.80 bits per heavy atom. The van der Waals surface area contributed by atoms with Crippen molar-refractivity contribution in [3.05, 3.63) is 93.3 Å². The SMILES string of the molecule is COc1cccc(C/C=C/c2ccc3c(=O)[nH]c(O)c(C=NCc4ccc(O)c(O)c4)c3c2)c1O. The van der Waals surface area contributed by atoms with E-state index in [1.807, 2.05) is 18.2 Å². The number of allylic oxidation sites excluding steroid dienone is 1. The van der Waals surface area contributed by atoms with Gasteiger partial charge < -0.3 is 25.2 Å². The molecule has 0 amide bonds. The van der Waals surface area contributed by atoms with E-state index in [2.05, 4.69) is 9.98 Å². The monoisotopic (exact) mass is 472 g/mol. The Kier molecular flexibility index (Phi) is 6.73. The Bertz CT molecular complexity index is 1500. The molecule has 0 saturated carbocycles. The van der Waals surface area contributed by atoms with Gasteiger partial charge in [0.1, 0.15) is 0 Å². The number of fused-ring (bicyclic) bond motifs is 1. The number of ether oxygens (including phenoxy) is 1. The minimum Gasteiger partial charge on any atom is -0.504 e. The lowest BCUT2D eigenvalue weighted by atomic mass is 10.0. The van der Waals surface area contributed by atoms with E-state index >= 15 is 0 Å². The first-order chi connectivity index (χ1) is 16.9. The van der Waals surface area contributed by atoms with Crippen LogP contribution in [0.2, 0.25) is 0 Å². The van der Waals surface area contributed by atoms with Crippen molar-refractivity contribution in [1.82, 2.24) is 4.98 Å². The van der Waals surface area contributed by atoms with Crippen LogP contribution in [-0.2, 0) is 13.0 Å². The number of nitrogens with zero attached hydrogens (tertiary/aromatic N) is 1. The van der Waals surface area contributed by atoms with Crippen LogP contribution in [0.1, 0.15) is 22.3 Å². The zero-order chi connectivity index (χ0) is 24.9. The van der Waals surface area contributed by atoms with E-state index in [0.29, 0.717) is 39.6 Å². The minimum atomic E-state index is -0.421. The summed E-state index contributed by atoms with van der Waals surface area (Å²) in [5.74, 6) is -0.266. The van der Waals surface area contributed by atoms with E-state index in [0.717, 1.165) is 5.56 Å². The molecule has 35 heavy (non-hydrogen) atoms. The zero-order valence-corrected chi connectivity index (χ0v) is 18.9. The van der Waals surface area contributed by atoms with Gasteiger partial charge in [-0.2, -0.15) is 0 Å². The summed E-state index contributed by atoms with van der Waals surface area (Å²) >= 11 is 0. The van der Waals surface area contributed by atoms with Crippen molar-refractivity contribution in [2.45, 2.75) is 13.0 Å². The molecule has 0 bridgehead atoms. The lowest BCUT2D eigenvalue weighted by Gasteiger charge is -2.07. The van der Waals surface area contributed by atoms with Crippen LogP contribution in [0.25, 0.3) is 16.8 Å². The molecule has 8 heteroatoms. The fraction of sp³-hybridized carbons (Fsp3) is 0.111. The van der Waals surface area contributed by atoms with Gasteiger partial charge in [-0.15, -0.1) is 0 Å². The summed E-state index contributed by atoms with van der Waals surface area (Å²) in [6.07, 6.45) is 5.67. The lowest BCUT2D eigenvalue weighted by Crippen LogP contribution is -2.08. The lowest BCUT2D eigenvalue weighted by molar-refractivity contribution is 0.371. The molecule has 0 aliphatic rings. The van der Waals surface area contributed by atoms with E-state index in [1.165, 1.54) is 25.5 Å². The van der Waals surface area contributed by atoms with Gasteiger partial charge in [0.2, 0.25) is 5.88 Å². The summed E-state index contributed by atoms with van der Waals surface area (Å²) in [6.45, 7) is 0.192. The van der Waals surface area contributed by atoms with E-state index in [-0.39, 0.29) is 29.7 Å². The molecule has 1 heterocycles. The highest BCUT2D eigenvalue weighted by molar-refractivity contribution is 6.02. The van der Waals surface area contributed by atoms with Gasteiger partial charge in [-0.05, 0) is 47.9 Å². The van der Waals surface area contributed by atoms with Crippen molar-refractivity contribution < 1.29 is 25.2 Å². The Morgan fingerprint density at radius 3 is 2.57 bits per heavy atom. The Morgan fingerprint density at radius 1 is 0.971 bits per heavy atom. The summed E-state index contributed by atoms with van der Waals surface area (Å²) in [4.78, 5) is 19.1. The predicted molar refractivity (Wildman–Crippen MR) is 135 cm³/mol. The molecule has 0 radical (unpaired) electrons. The van der Waals surface area contributed by atoms with Gasteiger partial charge in [0.25, 0.3) is 5.56 Å². The molecule has 8 nitrogen and oxygen atoms in total. The van der Waals surface area contributed by atoms with Crippen LogP contribution in [0.3, 0.4) is 0 Å². The molecule has 0 unspecified atom stereocenters. The molecule has 0 atom stereocenters. The topological polar surface area (TPSA) is 135 Å². The Labute approximate surface area is 200 Å². The molecule has 178 valence electrons. The number of hydrogen-bond donors (Lipinski definition) is 5. The van der Waals surface area contributed by atoms with Crippen LogP contribution in [-0.4, -0.2) is 38.7 Å². The van der Waals surface area contributed by atoms with Gasteiger partial charge in [-0.3, -0.25) is 14.8 Å². The average molecular weight is 472 g/mol. The molecule has 0 aliphatic heterocycles. The molecule has 4 rings (SSSR count). The zero-order valence-electron chi connectivity index (χ0n) is 18.9. The number of H-pyrrole nitrogens is 1. The van der Waals surface area contributed by atoms with Crippen LogP contribution in [0.5, 0.6) is 28.9 Å². The Hall–Kier alpha value is -4.72. The number of aliphatic imine (C=N–C) groups is 1. The van der Waals surface area contributed by atoms with Gasteiger partial charge in [0.05, 0.1) is 19.2 Å². The van der Waals surface area contributed by atoms with Crippen molar-refractivity contribution in [2.24, 2.45) is 4.99 Å². The molecular weight excluding hydrogens is 448 g/mol. The number of methoxy groups -OCH3 is 1. The quantitative estimate of drug-likeness (QED) is 0.202. The van der Waals surface area contributed by atoms with Crippen LogP contribution < -0.4 is 10.3 Å². The maximum atomic E-state index is 12.4. The maximum Gasteiger partial charge on any atom is 0.258 e. The fourth-order valence-corrected chi connectivity index (χ4v) is 3.72. The van der Waals surface area contributed by atoms with Crippen molar-refractivity contribution >= 4 is 23.1 Å². The van der Waals surface area contributed by atoms with E-state index in [1.54, 1.807) is 36.4 Å². The third-order valence-electron chi connectivity index (χ3n) is 5.55. The van der Waals surface area contributed by atoms with Crippen LogP contribution in [0.4, 0.5) is 0 Å². The second-order valence-corrected chi connectivity index (χ2v) is 7.89. The summed E-state index contributed by atoms with van der Waals surface area (Å²) in [7, 11) is 1.50. The fourth-order valence-electron chi connectivity index (χ4n) is 3.72. The van der Waals surface area contributed by atoms with E-state index in [9.17, 15) is 25.2 Å². The van der Waals surface area contributed by atoms with Crippen molar-refractivity contribution in [1.29, 1.82) is 0 Å². The highest BCUT2D eigenvalue weighted by Gasteiger charge is 2.10. The summed E-state index contributed by atoms with van der Waals surface area (Å²) in [5.41, 5.74) is 2.10. The summed E-state index contributed by atoms with van der Waals surface area (Å²) in [6, 6.07) is 14.9. The van der Waals surface area contributed by atoms with Gasteiger partial charge in [-0.1, -0.05) is 36.4 Å². The molecule has 1 aromatic heterocycles. The van der Waals surface area contributed by atoms with E-state index < -0.39 is 5.56 Å². The number of aromatic nitrogens is 1. The number of benzene rings is 3. The van der Waals surface area contributed by atoms with Crippen molar-refractivity contribution in [3.63, 3.8) is 0 Å². The third kappa shape index (κ3) is 5.11. The number of pyridine rings is 1. The maximum absolute atomic E-state index is 12.4. The van der Waals surface area contributed by atoms with Gasteiger partial charge in [0, 0.05) is 22.6 Å². The summed E-state index contributed by atoms with van der Waals surface area (Å²) < 4.78 is 5.14. The minimum absolute atomic E-state index is 0.0927.